The maximum Gasteiger partial charge on any atom is 0.356 e. The van der Waals surface area contributed by atoms with Crippen molar-refractivity contribution in [3.05, 3.63) is 36.2 Å². The van der Waals surface area contributed by atoms with Crippen LogP contribution in [0, 0.1) is 0 Å². The number of benzene rings is 1. The number of ether oxygens (including phenoxy) is 2. The predicted molar refractivity (Wildman–Crippen MR) is 69.6 cm³/mol. The number of methoxy groups -OCH3 is 1. The molecular formula is C13H14N2O5. The van der Waals surface area contributed by atoms with E-state index in [9.17, 15) is 9.90 Å². The highest BCUT2D eigenvalue weighted by atomic mass is 16.5. The number of carboxylic acid groups (broad SMARTS) is 1. The number of hydrogen-bond acceptors (Lipinski definition) is 5. The van der Waals surface area contributed by atoms with E-state index in [1.807, 2.05) is 0 Å². The van der Waals surface area contributed by atoms with Crippen LogP contribution >= 0.6 is 0 Å². The summed E-state index contributed by atoms with van der Waals surface area (Å²) in [6.45, 7) is 0.823. The number of hydrogen-bond donors (Lipinski definition) is 2. The Kier molecular flexibility index (Phi) is 4.21. The van der Waals surface area contributed by atoms with E-state index < -0.39 is 5.97 Å². The van der Waals surface area contributed by atoms with Gasteiger partial charge < -0.3 is 19.7 Å². The summed E-state index contributed by atoms with van der Waals surface area (Å²) < 4.78 is 11.5. The third-order valence-corrected chi connectivity index (χ3v) is 2.56. The van der Waals surface area contributed by atoms with Crippen LogP contribution in [0.3, 0.4) is 0 Å². The number of aromatic carboxylic acids is 1. The lowest BCUT2D eigenvalue weighted by molar-refractivity contribution is 0.0690. The Bertz CT molecular complexity index is 609. The van der Waals surface area contributed by atoms with Gasteiger partial charge in [-0.05, 0) is 18.2 Å². The van der Waals surface area contributed by atoms with Gasteiger partial charge in [0, 0.05) is 19.4 Å². The topological polar surface area (TPSA) is 93.8 Å². The molecule has 2 N–H and O–H groups in total. The highest BCUT2D eigenvalue weighted by Gasteiger charge is 2.11. The van der Waals surface area contributed by atoms with E-state index in [0.29, 0.717) is 24.7 Å². The summed E-state index contributed by atoms with van der Waals surface area (Å²) in [5.41, 5.74) is 0.279. The van der Waals surface area contributed by atoms with Crippen LogP contribution in [0.15, 0.2) is 30.5 Å². The normalized spacial score (nSPS) is 10.4. The van der Waals surface area contributed by atoms with Gasteiger partial charge in [-0.1, -0.05) is 0 Å². The molecule has 1 aromatic heterocycles. The Morgan fingerprint density at radius 3 is 2.75 bits per heavy atom. The summed E-state index contributed by atoms with van der Waals surface area (Å²) in [5, 5.41) is 22.6. The van der Waals surface area contributed by atoms with Gasteiger partial charge in [0.2, 0.25) is 0 Å². The summed E-state index contributed by atoms with van der Waals surface area (Å²) in [6.07, 6.45) is 1.46. The van der Waals surface area contributed by atoms with E-state index in [2.05, 4.69) is 5.10 Å². The minimum Gasteiger partial charge on any atom is -0.506 e. The number of carboxylic acids is 1. The average molecular weight is 278 g/mol. The van der Waals surface area contributed by atoms with E-state index in [1.165, 1.54) is 23.0 Å². The molecule has 2 aromatic rings. The zero-order valence-electron chi connectivity index (χ0n) is 10.8. The Hall–Kier alpha value is -2.54. The number of aromatic nitrogens is 2. The number of rotatable bonds is 6. The van der Waals surface area contributed by atoms with Crippen molar-refractivity contribution in [2.24, 2.45) is 0 Å². The molecule has 0 atom stereocenters. The second-order valence-corrected chi connectivity index (χ2v) is 3.94. The highest BCUT2D eigenvalue weighted by Crippen LogP contribution is 2.26. The Morgan fingerprint density at radius 1 is 1.35 bits per heavy atom. The molecule has 106 valence electrons. The van der Waals surface area contributed by atoms with Crippen LogP contribution < -0.4 is 4.74 Å². The molecule has 20 heavy (non-hydrogen) atoms. The molecule has 0 spiro atoms. The SMILES string of the molecule is COCCOc1ccc(-n2ccc(C(=O)O)n2)c(O)c1. The van der Waals surface area contributed by atoms with Crippen molar-refractivity contribution in [2.75, 3.05) is 20.3 Å². The summed E-state index contributed by atoms with van der Waals surface area (Å²) in [4.78, 5) is 10.8. The fraction of sp³-hybridized carbons (Fsp3) is 0.231. The van der Waals surface area contributed by atoms with Crippen molar-refractivity contribution in [3.8, 4) is 17.2 Å². The molecule has 0 aliphatic carbocycles. The minimum absolute atomic E-state index is 0.0556. The van der Waals surface area contributed by atoms with Gasteiger partial charge in [0.15, 0.2) is 5.69 Å². The van der Waals surface area contributed by atoms with Gasteiger partial charge in [-0.2, -0.15) is 5.10 Å². The molecule has 0 saturated carbocycles. The van der Waals surface area contributed by atoms with Gasteiger partial charge in [-0.25, -0.2) is 9.48 Å². The van der Waals surface area contributed by atoms with Crippen LogP contribution in [0.1, 0.15) is 10.5 Å². The maximum absolute atomic E-state index is 10.8. The summed E-state index contributed by atoms with van der Waals surface area (Å²) in [7, 11) is 1.57. The first kappa shape index (κ1) is 13.9. The zero-order chi connectivity index (χ0) is 14.5. The largest absolute Gasteiger partial charge is 0.506 e. The van der Waals surface area contributed by atoms with E-state index in [4.69, 9.17) is 14.6 Å². The molecule has 0 saturated heterocycles. The highest BCUT2D eigenvalue weighted by molar-refractivity contribution is 5.85. The molecule has 7 nitrogen and oxygen atoms in total. The molecule has 1 heterocycles. The fourth-order valence-electron chi connectivity index (χ4n) is 1.60. The first-order valence-electron chi connectivity index (χ1n) is 5.86. The van der Waals surface area contributed by atoms with Crippen LogP contribution in [0.2, 0.25) is 0 Å². The molecule has 0 unspecified atom stereocenters. The molecular weight excluding hydrogens is 264 g/mol. The second-order valence-electron chi connectivity index (χ2n) is 3.94. The molecule has 0 fully saturated rings. The number of phenols is 1. The Morgan fingerprint density at radius 2 is 2.15 bits per heavy atom. The van der Waals surface area contributed by atoms with Crippen LogP contribution in [-0.2, 0) is 4.74 Å². The first-order chi connectivity index (χ1) is 9.61. The lowest BCUT2D eigenvalue weighted by Gasteiger charge is -2.09. The third kappa shape index (κ3) is 3.07. The zero-order valence-corrected chi connectivity index (χ0v) is 10.8. The monoisotopic (exact) mass is 278 g/mol. The third-order valence-electron chi connectivity index (χ3n) is 2.56. The number of nitrogens with zero attached hydrogens (tertiary/aromatic N) is 2. The first-order valence-corrected chi connectivity index (χ1v) is 5.86. The van der Waals surface area contributed by atoms with Gasteiger partial charge in [0.25, 0.3) is 0 Å². The van der Waals surface area contributed by atoms with Crippen LogP contribution in [0.4, 0.5) is 0 Å². The number of aromatic hydroxyl groups is 1. The summed E-state index contributed by atoms with van der Waals surface area (Å²) >= 11 is 0. The van der Waals surface area contributed by atoms with E-state index in [-0.39, 0.29) is 11.4 Å². The van der Waals surface area contributed by atoms with Gasteiger partial charge >= 0.3 is 5.97 Å². The van der Waals surface area contributed by atoms with E-state index >= 15 is 0 Å². The van der Waals surface area contributed by atoms with Crippen molar-refractivity contribution in [3.63, 3.8) is 0 Å². The number of carbonyl (C=O) groups is 1. The van der Waals surface area contributed by atoms with Gasteiger partial charge in [0.05, 0.1) is 6.61 Å². The van der Waals surface area contributed by atoms with Crippen molar-refractivity contribution in [1.82, 2.24) is 9.78 Å². The molecule has 7 heteroatoms. The average Bonchev–Trinajstić information content (AvgIpc) is 2.89. The molecule has 0 radical (unpaired) electrons. The fourth-order valence-corrected chi connectivity index (χ4v) is 1.60. The van der Waals surface area contributed by atoms with Crippen LogP contribution in [0.25, 0.3) is 5.69 Å². The minimum atomic E-state index is -1.12. The smallest absolute Gasteiger partial charge is 0.356 e. The van der Waals surface area contributed by atoms with E-state index in [0.717, 1.165) is 0 Å². The second kappa shape index (κ2) is 6.07. The van der Waals surface area contributed by atoms with Crippen LogP contribution in [-0.4, -0.2) is 46.3 Å². The standard InChI is InChI=1S/C13H14N2O5/c1-19-6-7-20-9-2-3-11(12(16)8-9)15-5-4-10(14-15)13(17)18/h2-5,8,16H,6-7H2,1H3,(H,17,18). The lowest BCUT2D eigenvalue weighted by atomic mass is 10.3. The van der Waals surface area contributed by atoms with Gasteiger partial charge in [-0.15, -0.1) is 0 Å². The van der Waals surface area contributed by atoms with Crippen molar-refractivity contribution >= 4 is 5.97 Å². The van der Waals surface area contributed by atoms with Crippen LogP contribution in [0.5, 0.6) is 11.5 Å². The van der Waals surface area contributed by atoms with Gasteiger partial charge in [-0.3, -0.25) is 0 Å². The Labute approximate surface area is 115 Å². The van der Waals surface area contributed by atoms with Crippen molar-refractivity contribution in [2.45, 2.75) is 0 Å². The maximum atomic E-state index is 10.8. The molecule has 0 aliphatic heterocycles. The molecule has 0 aliphatic rings. The number of phenolic OH excluding ortho intramolecular Hbond substituents is 1. The molecule has 1 aromatic carbocycles. The summed E-state index contributed by atoms with van der Waals surface area (Å²) in [6, 6.07) is 6.04. The van der Waals surface area contributed by atoms with Crippen molar-refractivity contribution < 1.29 is 24.5 Å². The Balaban J connectivity index is 2.18. The van der Waals surface area contributed by atoms with E-state index in [1.54, 1.807) is 19.2 Å². The lowest BCUT2D eigenvalue weighted by Crippen LogP contribution is -2.05. The van der Waals surface area contributed by atoms with Crippen molar-refractivity contribution in [1.29, 1.82) is 0 Å². The quantitative estimate of drug-likeness (QED) is 0.773. The molecule has 0 amide bonds. The molecule has 0 bridgehead atoms. The molecule has 2 rings (SSSR count). The van der Waals surface area contributed by atoms with Gasteiger partial charge in [0.1, 0.15) is 23.8 Å². The predicted octanol–water partition coefficient (Wildman–Crippen LogP) is 1.30. The summed E-state index contributed by atoms with van der Waals surface area (Å²) in [5.74, 6) is -0.684.